The SMILES string of the molecule is Cc1cc(C)c(B(c2c(C)cc(C)cc2Cc2cccnc2)c2c(C)cc(C)cc2Cc2cccnc2)c(CBr)c1. The molecule has 0 spiro atoms. The van der Waals surface area contributed by atoms with E-state index in [1.807, 2.05) is 36.9 Å². The summed E-state index contributed by atoms with van der Waals surface area (Å²) in [6, 6.07) is 22.7. The summed E-state index contributed by atoms with van der Waals surface area (Å²) in [5.74, 6) is 0. The van der Waals surface area contributed by atoms with Crippen molar-refractivity contribution >= 4 is 39.0 Å². The van der Waals surface area contributed by atoms with E-state index in [1.54, 1.807) is 0 Å². The van der Waals surface area contributed by atoms with Gasteiger partial charge >= 0.3 is 0 Å². The molecule has 0 aliphatic carbocycles. The Balaban J connectivity index is 1.85. The molecular formula is C37H38BBrN2. The van der Waals surface area contributed by atoms with Gasteiger partial charge in [0, 0.05) is 30.1 Å². The second-order valence-electron chi connectivity index (χ2n) is 11.6. The van der Waals surface area contributed by atoms with Crippen molar-refractivity contribution in [3.8, 4) is 0 Å². The predicted molar refractivity (Wildman–Crippen MR) is 179 cm³/mol. The third-order valence-corrected chi connectivity index (χ3v) is 8.70. The van der Waals surface area contributed by atoms with Crippen LogP contribution in [0.1, 0.15) is 61.2 Å². The minimum absolute atomic E-state index is 0.0858. The molecule has 0 amide bonds. The number of alkyl halides is 1. The Bertz CT molecular complexity index is 1580. The van der Waals surface area contributed by atoms with Crippen LogP contribution in [0.25, 0.3) is 0 Å². The first-order chi connectivity index (χ1) is 19.7. The summed E-state index contributed by atoms with van der Waals surface area (Å²) in [6.45, 7) is 13.6. The van der Waals surface area contributed by atoms with Crippen LogP contribution >= 0.6 is 15.9 Å². The highest BCUT2D eigenvalue weighted by atomic mass is 79.9. The fourth-order valence-electron chi connectivity index (χ4n) is 6.72. The van der Waals surface area contributed by atoms with Gasteiger partial charge in [-0.25, -0.2) is 0 Å². The average molecular weight is 601 g/mol. The Kier molecular flexibility index (Phi) is 8.90. The van der Waals surface area contributed by atoms with Gasteiger partial charge < -0.3 is 0 Å². The van der Waals surface area contributed by atoms with Gasteiger partial charge in [0.2, 0.25) is 6.71 Å². The van der Waals surface area contributed by atoms with Gasteiger partial charge in [-0.15, -0.1) is 0 Å². The summed E-state index contributed by atoms with van der Waals surface area (Å²) >= 11 is 3.88. The van der Waals surface area contributed by atoms with Crippen molar-refractivity contribution in [1.29, 1.82) is 0 Å². The van der Waals surface area contributed by atoms with E-state index in [0.29, 0.717) is 0 Å². The van der Waals surface area contributed by atoms with Crippen LogP contribution in [-0.4, -0.2) is 16.7 Å². The zero-order valence-corrected chi connectivity index (χ0v) is 26.6. The molecule has 0 aliphatic heterocycles. The van der Waals surface area contributed by atoms with E-state index in [4.69, 9.17) is 0 Å². The molecule has 2 nitrogen and oxygen atoms in total. The number of hydrogen-bond acceptors (Lipinski definition) is 2. The quantitative estimate of drug-likeness (QED) is 0.143. The van der Waals surface area contributed by atoms with Crippen molar-refractivity contribution in [1.82, 2.24) is 9.97 Å². The molecule has 0 fully saturated rings. The fraction of sp³-hybridized carbons (Fsp3) is 0.243. The first-order valence-corrected chi connectivity index (χ1v) is 15.5. The smallest absolute Gasteiger partial charge is 0.243 e. The fourth-order valence-corrected chi connectivity index (χ4v) is 7.18. The first kappa shape index (κ1) is 29.0. The molecule has 0 radical (unpaired) electrons. The predicted octanol–water partition coefficient (Wildman–Crippen LogP) is 6.92. The Morgan fingerprint density at radius 3 is 1.32 bits per heavy atom. The second kappa shape index (κ2) is 12.6. The van der Waals surface area contributed by atoms with Crippen LogP contribution in [0.4, 0.5) is 0 Å². The molecule has 0 atom stereocenters. The molecule has 5 aromatic rings. The van der Waals surface area contributed by atoms with E-state index in [9.17, 15) is 0 Å². The maximum absolute atomic E-state index is 4.44. The van der Waals surface area contributed by atoms with Crippen molar-refractivity contribution < 1.29 is 0 Å². The maximum Gasteiger partial charge on any atom is 0.243 e. The lowest BCUT2D eigenvalue weighted by molar-refractivity contribution is 1.14. The van der Waals surface area contributed by atoms with E-state index in [2.05, 4.69) is 116 Å². The molecule has 0 aliphatic rings. The molecule has 206 valence electrons. The number of halogens is 1. The molecule has 0 N–H and O–H groups in total. The molecule has 3 aromatic carbocycles. The van der Waals surface area contributed by atoms with Gasteiger partial charge in [0.1, 0.15) is 0 Å². The van der Waals surface area contributed by atoms with E-state index in [-0.39, 0.29) is 6.71 Å². The lowest BCUT2D eigenvalue weighted by Crippen LogP contribution is -2.58. The third kappa shape index (κ3) is 6.38. The highest BCUT2D eigenvalue weighted by Crippen LogP contribution is 2.21. The molecule has 0 saturated carbocycles. The summed E-state index contributed by atoms with van der Waals surface area (Å²) in [7, 11) is 0. The highest BCUT2D eigenvalue weighted by molar-refractivity contribution is 9.08. The van der Waals surface area contributed by atoms with E-state index < -0.39 is 0 Å². The van der Waals surface area contributed by atoms with Crippen LogP contribution < -0.4 is 16.4 Å². The van der Waals surface area contributed by atoms with Gasteiger partial charge in [-0.2, -0.15) is 0 Å². The summed E-state index contributed by atoms with van der Waals surface area (Å²) in [5.41, 5.74) is 18.7. The summed E-state index contributed by atoms with van der Waals surface area (Å²) < 4.78 is 0. The standard InChI is InChI=1S/C37H38BBrN2/c1-24-13-27(4)35(32(16-24)19-30-9-7-11-40-22-30)38(37-29(6)15-26(3)18-34(37)21-39)36-28(5)14-25(2)17-33(36)20-31-10-8-12-41-23-31/h7-18,22-23H,19-21H2,1-6H3. The van der Waals surface area contributed by atoms with Gasteiger partial charge in [0.05, 0.1) is 0 Å². The van der Waals surface area contributed by atoms with Crippen molar-refractivity contribution in [3.05, 3.63) is 147 Å². The van der Waals surface area contributed by atoms with Crippen molar-refractivity contribution in [2.75, 3.05) is 0 Å². The highest BCUT2D eigenvalue weighted by Gasteiger charge is 2.33. The Morgan fingerprint density at radius 1 is 0.561 bits per heavy atom. The minimum atomic E-state index is 0.0858. The zero-order valence-electron chi connectivity index (χ0n) is 25.1. The summed E-state index contributed by atoms with van der Waals surface area (Å²) in [6.07, 6.45) is 9.41. The largest absolute Gasteiger partial charge is 0.264 e. The molecule has 4 heteroatoms. The van der Waals surface area contributed by atoms with E-state index >= 15 is 0 Å². The van der Waals surface area contributed by atoms with E-state index in [1.165, 1.54) is 77.6 Å². The summed E-state index contributed by atoms with van der Waals surface area (Å²) in [4.78, 5) is 8.88. The number of benzene rings is 3. The monoisotopic (exact) mass is 600 g/mol. The van der Waals surface area contributed by atoms with Gasteiger partial charge in [0.15, 0.2) is 0 Å². The number of hydrogen-bond donors (Lipinski definition) is 0. The maximum atomic E-state index is 4.44. The molecule has 2 heterocycles. The van der Waals surface area contributed by atoms with Crippen LogP contribution in [-0.2, 0) is 18.2 Å². The van der Waals surface area contributed by atoms with E-state index in [0.717, 1.165) is 18.2 Å². The van der Waals surface area contributed by atoms with Crippen LogP contribution in [0.15, 0.2) is 85.5 Å². The lowest BCUT2D eigenvalue weighted by atomic mass is 9.32. The molecule has 41 heavy (non-hydrogen) atoms. The zero-order chi connectivity index (χ0) is 29.1. The minimum Gasteiger partial charge on any atom is -0.264 e. The molecular weight excluding hydrogens is 563 g/mol. The number of nitrogens with zero attached hydrogens (tertiary/aromatic N) is 2. The van der Waals surface area contributed by atoms with Crippen molar-refractivity contribution in [2.45, 2.75) is 59.7 Å². The first-order valence-electron chi connectivity index (χ1n) is 14.4. The number of aryl methyl sites for hydroxylation is 6. The molecule has 0 unspecified atom stereocenters. The third-order valence-electron chi connectivity index (χ3n) is 8.10. The van der Waals surface area contributed by atoms with Crippen LogP contribution in [0, 0.1) is 41.5 Å². The van der Waals surface area contributed by atoms with Crippen LogP contribution in [0.2, 0.25) is 0 Å². The normalized spacial score (nSPS) is 11.1. The van der Waals surface area contributed by atoms with Gasteiger partial charge in [-0.05, 0) is 94.3 Å². The summed E-state index contributed by atoms with van der Waals surface area (Å²) in [5, 5.41) is 0.813. The van der Waals surface area contributed by atoms with Crippen molar-refractivity contribution in [2.24, 2.45) is 0 Å². The van der Waals surface area contributed by atoms with Gasteiger partial charge in [-0.1, -0.05) is 114 Å². The molecule has 0 bridgehead atoms. The number of aromatic nitrogens is 2. The molecule has 2 aromatic heterocycles. The molecule has 5 rings (SSSR count). The topological polar surface area (TPSA) is 25.8 Å². The van der Waals surface area contributed by atoms with Gasteiger partial charge in [0.25, 0.3) is 0 Å². The van der Waals surface area contributed by atoms with Crippen LogP contribution in [0.3, 0.4) is 0 Å². The number of rotatable bonds is 8. The average Bonchev–Trinajstić information content (AvgIpc) is 2.92. The second-order valence-corrected chi connectivity index (χ2v) is 12.2. The molecule has 0 saturated heterocycles. The Labute approximate surface area is 254 Å². The lowest BCUT2D eigenvalue weighted by Gasteiger charge is -2.29. The Morgan fingerprint density at radius 2 is 0.951 bits per heavy atom. The van der Waals surface area contributed by atoms with Crippen molar-refractivity contribution in [3.63, 3.8) is 0 Å². The van der Waals surface area contributed by atoms with Crippen LogP contribution in [0.5, 0.6) is 0 Å². The number of pyridine rings is 2. The Hall–Kier alpha value is -3.50. The van der Waals surface area contributed by atoms with Gasteiger partial charge in [-0.3, -0.25) is 9.97 Å².